The van der Waals surface area contributed by atoms with E-state index in [0.29, 0.717) is 12.4 Å². The topological polar surface area (TPSA) is 88.8 Å². The molecule has 0 radical (unpaired) electrons. The maximum absolute atomic E-state index is 5.50. The first kappa shape index (κ1) is 14.2. The highest BCUT2D eigenvalue weighted by molar-refractivity contribution is 5.57. The standard InChI is InChI=1S/C14H20N6/c1-3-4-12-13(18-9-19-14(12)20-15)17-8-11-6-5-10(2)16-7-11/h5-7,9H,3-4,8,15H2,1-2H3,(H2,17,18,19,20). The fourth-order valence-electron chi connectivity index (χ4n) is 1.96. The monoisotopic (exact) mass is 272 g/mol. The molecule has 0 saturated heterocycles. The van der Waals surface area contributed by atoms with Crippen LogP contribution in [0.2, 0.25) is 0 Å². The van der Waals surface area contributed by atoms with E-state index in [4.69, 9.17) is 5.84 Å². The Kier molecular flexibility index (Phi) is 4.84. The molecule has 6 nitrogen and oxygen atoms in total. The summed E-state index contributed by atoms with van der Waals surface area (Å²) in [5.41, 5.74) is 5.76. The smallest absolute Gasteiger partial charge is 0.148 e. The average Bonchev–Trinajstić information content (AvgIpc) is 2.48. The third-order valence-corrected chi connectivity index (χ3v) is 3.01. The number of rotatable bonds is 6. The number of nitrogens with zero attached hydrogens (tertiary/aromatic N) is 3. The van der Waals surface area contributed by atoms with Crippen LogP contribution in [0.1, 0.15) is 30.2 Å². The minimum Gasteiger partial charge on any atom is -0.366 e. The van der Waals surface area contributed by atoms with Crippen molar-refractivity contribution in [2.75, 3.05) is 10.7 Å². The van der Waals surface area contributed by atoms with Gasteiger partial charge in [0.1, 0.15) is 18.0 Å². The molecule has 0 spiro atoms. The normalized spacial score (nSPS) is 10.3. The number of aryl methyl sites for hydroxylation is 1. The Morgan fingerprint density at radius 2 is 1.95 bits per heavy atom. The lowest BCUT2D eigenvalue weighted by Gasteiger charge is -2.13. The summed E-state index contributed by atoms with van der Waals surface area (Å²) >= 11 is 0. The second-order valence-electron chi connectivity index (χ2n) is 4.61. The van der Waals surface area contributed by atoms with Gasteiger partial charge in [-0.3, -0.25) is 4.98 Å². The van der Waals surface area contributed by atoms with E-state index in [2.05, 4.69) is 38.7 Å². The summed E-state index contributed by atoms with van der Waals surface area (Å²) in [6, 6.07) is 4.05. The average molecular weight is 272 g/mol. The lowest BCUT2D eigenvalue weighted by molar-refractivity contribution is 0.896. The Bertz CT molecular complexity index is 552. The van der Waals surface area contributed by atoms with E-state index >= 15 is 0 Å². The van der Waals surface area contributed by atoms with Crippen LogP contribution < -0.4 is 16.6 Å². The lowest BCUT2D eigenvalue weighted by atomic mass is 10.1. The van der Waals surface area contributed by atoms with Gasteiger partial charge in [0.05, 0.1) is 0 Å². The number of hydrazine groups is 1. The number of nitrogens with two attached hydrogens (primary N) is 1. The van der Waals surface area contributed by atoms with Gasteiger partial charge in [-0.25, -0.2) is 15.8 Å². The van der Waals surface area contributed by atoms with E-state index in [1.807, 2.05) is 19.2 Å². The highest BCUT2D eigenvalue weighted by Crippen LogP contribution is 2.21. The van der Waals surface area contributed by atoms with E-state index in [1.54, 1.807) is 0 Å². The third kappa shape index (κ3) is 3.42. The third-order valence-electron chi connectivity index (χ3n) is 3.01. The van der Waals surface area contributed by atoms with Gasteiger partial charge in [-0.1, -0.05) is 19.4 Å². The second-order valence-corrected chi connectivity index (χ2v) is 4.61. The Morgan fingerprint density at radius 1 is 1.15 bits per heavy atom. The second kappa shape index (κ2) is 6.81. The summed E-state index contributed by atoms with van der Waals surface area (Å²) in [5.74, 6) is 6.98. The number of pyridine rings is 1. The first-order valence-corrected chi connectivity index (χ1v) is 6.70. The molecule has 0 aliphatic heterocycles. The summed E-state index contributed by atoms with van der Waals surface area (Å²) in [6.07, 6.45) is 5.24. The molecule has 0 aliphatic rings. The predicted molar refractivity (Wildman–Crippen MR) is 80.1 cm³/mol. The van der Waals surface area contributed by atoms with Crippen molar-refractivity contribution < 1.29 is 0 Å². The van der Waals surface area contributed by atoms with E-state index in [1.165, 1.54) is 6.33 Å². The first-order chi connectivity index (χ1) is 9.74. The molecule has 2 aromatic rings. The van der Waals surface area contributed by atoms with Gasteiger partial charge < -0.3 is 10.7 Å². The molecule has 0 atom stereocenters. The van der Waals surface area contributed by atoms with Crippen LogP contribution in [0.4, 0.5) is 11.6 Å². The number of nitrogens with one attached hydrogen (secondary N) is 2. The van der Waals surface area contributed by atoms with Crippen molar-refractivity contribution in [1.82, 2.24) is 15.0 Å². The lowest BCUT2D eigenvalue weighted by Crippen LogP contribution is -2.14. The van der Waals surface area contributed by atoms with Gasteiger partial charge in [-0.05, 0) is 25.0 Å². The molecule has 0 bridgehead atoms. The summed E-state index contributed by atoms with van der Waals surface area (Å²) in [5, 5.41) is 3.32. The minimum atomic E-state index is 0.672. The Labute approximate surface area is 118 Å². The molecular weight excluding hydrogens is 252 g/mol. The van der Waals surface area contributed by atoms with Crippen molar-refractivity contribution in [3.63, 3.8) is 0 Å². The van der Waals surface area contributed by atoms with Crippen LogP contribution in [-0.2, 0) is 13.0 Å². The molecule has 0 aliphatic carbocycles. The van der Waals surface area contributed by atoms with E-state index in [9.17, 15) is 0 Å². The Hall–Kier alpha value is -2.21. The summed E-state index contributed by atoms with van der Waals surface area (Å²) in [7, 11) is 0. The molecule has 20 heavy (non-hydrogen) atoms. The number of nitrogen functional groups attached to an aromatic ring is 1. The van der Waals surface area contributed by atoms with Crippen molar-refractivity contribution >= 4 is 11.6 Å². The summed E-state index contributed by atoms with van der Waals surface area (Å²) in [6.45, 7) is 4.76. The SMILES string of the molecule is CCCc1c(NN)ncnc1NCc1ccc(C)nc1. The highest BCUT2D eigenvalue weighted by Gasteiger charge is 2.09. The largest absolute Gasteiger partial charge is 0.366 e. The van der Waals surface area contributed by atoms with Gasteiger partial charge in [0.25, 0.3) is 0 Å². The van der Waals surface area contributed by atoms with Gasteiger partial charge in [-0.15, -0.1) is 0 Å². The van der Waals surface area contributed by atoms with Crippen LogP contribution in [0.5, 0.6) is 0 Å². The van der Waals surface area contributed by atoms with E-state index in [0.717, 1.165) is 35.5 Å². The molecule has 2 aromatic heterocycles. The van der Waals surface area contributed by atoms with Crippen molar-refractivity contribution in [1.29, 1.82) is 0 Å². The number of aromatic nitrogens is 3. The molecule has 0 unspecified atom stereocenters. The molecule has 4 N–H and O–H groups in total. The fourth-order valence-corrected chi connectivity index (χ4v) is 1.96. The molecule has 2 rings (SSSR count). The molecule has 0 fully saturated rings. The van der Waals surface area contributed by atoms with Crippen LogP contribution >= 0.6 is 0 Å². The van der Waals surface area contributed by atoms with Crippen molar-refractivity contribution in [3.8, 4) is 0 Å². The zero-order chi connectivity index (χ0) is 14.4. The molecule has 0 aromatic carbocycles. The van der Waals surface area contributed by atoms with Crippen molar-refractivity contribution in [3.05, 3.63) is 41.5 Å². The zero-order valence-corrected chi connectivity index (χ0v) is 11.8. The molecule has 6 heteroatoms. The van der Waals surface area contributed by atoms with Crippen molar-refractivity contribution in [2.45, 2.75) is 33.2 Å². The molecule has 0 amide bonds. The van der Waals surface area contributed by atoms with Crippen LogP contribution in [0.25, 0.3) is 0 Å². The first-order valence-electron chi connectivity index (χ1n) is 6.70. The van der Waals surface area contributed by atoms with Crippen LogP contribution in [0.3, 0.4) is 0 Å². The number of anilines is 2. The Balaban J connectivity index is 2.14. The maximum atomic E-state index is 5.50. The van der Waals surface area contributed by atoms with E-state index < -0.39 is 0 Å². The molecule has 106 valence electrons. The Morgan fingerprint density at radius 3 is 2.60 bits per heavy atom. The van der Waals surface area contributed by atoms with Gasteiger partial charge in [0, 0.05) is 24.0 Å². The molecule has 0 saturated carbocycles. The van der Waals surface area contributed by atoms with Gasteiger partial charge in [0.2, 0.25) is 0 Å². The number of hydrogen-bond donors (Lipinski definition) is 3. The van der Waals surface area contributed by atoms with Crippen LogP contribution in [0, 0.1) is 6.92 Å². The minimum absolute atomic E-state index is 0.672. The predicted octanol–water partition coefficient (Wildman–Crippen LogP) is 2.03. The summed E-state index contributed by atoms with van der Waals surface area (Å²) < 4.78 is 0. The van der Waals surface area contributed by atoms with Gasteiger partial charge >= 0.3 is 0 Å². The van der Waals surface area contributed by atoms with Gasteiger partial charge in [0.15, 0.2) is 0 Å². The van der Waals surface area contributed by atoms with E-state index in [-0.39, 0.29) is 0 Å². The maximum Gasteiger partial charge on any atom is 0.148 e. The molecule has 2 heterocycles. The summed E-state index contributed by atoms with van der Waals surface area (Å²) in [4.78, 5) is 12.7. The van der Waals surface area contributed by atoms with Crippen LogP contribution in [-0.4, -0.2) is 15.0 Å². The van der Waals surface area contributed by atoms with Gasteiger partial charge in [-0.2, -0.15) is 0 Å². The quantitative estimate of drug-likeness (QED) is 0.551. The van der Waals surface area contributed by atoms with Crippen LogP contribution in [0.15, 0.2) is 24.7 Å². The highest BCUT2D eigenvalue weighted by atomic mass is 15.3. The molecular formula is C14H20N6. The fraction of sp³-hybridized carbons (Fsp3) is 0.357. The van der Waals surface area contributed by atoms with Crippen molar-refractivity contribution in [2.24, 2.45) is 5.84 Å². The zero-order valence-electron chi connectivity index (χ0n) is 11.8. The number of hydrogen-bond acceptors (Lipinski definition) is 6.